The summed E-state index contributed by atoms with van der Waals surface area (Å²) in [6.45, 7) is 1.69. The van der Waals surface area contributed by atoms with E-state index in [4.69, 9.17) is 0 Å². The Balaban J connectivity index is 0.000000181. The van der Waals surface area contributed by atoms with Gasteiger partial charge in [0.1, 0.15) is 17.5 Å². The third kappa shape index (κ3) is 7.15. The average Bonchev–Trinajstić information content (AvgIpc) is 3.06. The number of halogens is 2. The second kappa shape index (κ2) is 13.9. The Morgan fingerprint density at radius 3 is 1.50 bits per heavy atom. The van der Waals surface area contributed by atoms with Crippen molar-refractivity contribution in [3.8, 4) is 28.0 Å². The number of aromatic hydroxyl groups is 1. The number of benzene rings is 4. The number of phenols is 1. The van der Waals surface area contributed by atoms with Crippen molar-refractivity contribution in [1.29, 1.82) is 0 Å². The fourth-order valence-electron chi connectivity index (χ4n) is 4.87. The van der Waals surface area contributed by atoms with E-state index in [0.29, 0.717) is 52.3 Å². The van der Waals surface area contributed by atoms with Crippen LogP contribution in [0.2, 0.25) is 0 Å². The van der Waals surface area contributed by atoms with Crippen molar-refractivity contribution < 1.29 is 13.9 Å². The van der Waals surface area contributed by atoms with Crippen LogP contribution in [0.15, 0.2) is 119 Å². The van der Waals surface area contributed by atoms with Gasteiger partial charge in [-0.2, -0.15) is 0 Å². The van der Waals surface area contributed by atoms with Gasteiger partial charge in [-0.15, -0.1) is 0 Å². The maximum absolute atomic E-state index is 13.7. The zero-order valence-corrected chi connectivity index (χ0v) is 25.6. The lowest BCUT2D eigenvalue weighted by Gasteiger charge is -2.10. The van der Waals surface area contributed by atoms with Gasteiger partial charge < -0.3 is 5.11 Å². The maximum Gasteiger partial charge on any atom is 0.261 e. The summed E-state index contributed by atoms with van der Waals surface area (Å²) >= 11 is 0. The third-order valence-electron chi connectivity index (χ3n) is 7.68. The zero-order chi connectivity index (χ0) is 32.8. The molecule has 0 saturated heterocycles. The Kier molecular flexibility index (Phi) is 9.61. The lowest BCUT2D eigenvalue weighted by Crippen LogP contribution is -2.23. The topological polar surface area (TPSA) is 90.0 Å². The molecule has 4 aromatic carbocycles. The number of hydrogen-bond donors (Lipinski definition) is 1. The number of nitrogens with zero attached hydrogens (tertiary/aromatic N) is 4. The van der Waals surface area contributed by atoms with Gasteiger partial charge in [0.25, 0.3) is 11.1 Å². The Morgan fingerprint density at radius 1 is 0.630 bits per heavy atom. The van der Waals surface area contributed by atoms with Crippen LogP contribution in [0.25, 0.3) is 22.3 Å². The molecule has 0 radical (unpaired) electrons. The first kappa shape index (κ1) is 31.7. The van der Waals surface area contributed by atoms with E-state index in [0.717, 1.165) is 17.2 Å². The van der Waals surface area contributed by atoms with Crippen molar-refractivity contribution in [2.24, 2.45) is 14.1 Å². The second-order valence-electron chi connectivity index (χ2n) is 10.9. The molecule has 6 rings (SSSR count). The van der Waals surface area contributed by atoms with E-state index < -0.39 is 11.6 Å². The summed E-state index contributed by atoms with van der Waals surface area (Å²) in [5, 5.41) is 9.25. The quantitative estimate of drug-likeness (QED) is 0.234. The summed E-state index contributed by atoms with van der Waals surface area (Å²) in [6.07, 6.45) is 4.10. The molecule has 232 valence electrons. The van der Waals surface area contributed by atoms with Crippen LogP contribution in [0.1, 0.15) is 28.3 Å². The lowest BCUT2D eigenvalue weighted by molar-refractivity contribution is 0.432. The highest BCUT2D eigenvalue weighted by molar-refractivity contribution is 5.63. The first-order chi connectivity index (χ1) is 22.1. The van der Waals surface area contributed by atoms with E-state index in [1.807, 2.05) is 60.7 Å². The average molecular weight is 619 g/mol. The summed E-state index contributed by atoms with van der Waals surface area (Å²) in [5.41, 5.74) is 3.91. The molecule has 0 aliphatic heterocycles. The van der Waals surface area contributed by atoms with Crippen molar-refractivity contribution in [2.45, 2.75) is 19.8 Å². The Hall–Kier alpha value is -5.70. The van der Waals surface area contributed by atoms with E-state index >= 15 is 0 Å². The summed E-state index contributed by atoms with van der Waals surface area (Å²) < 4.78 is 30.2. The van der Waals surface area contributed by atoms with E-state index in [1.54, 1.807) is 33.2 Å². The van der Waals surface area contributed by atoms with Crippen LogP contribution in [0.3, 0.4) is 0 Å². The molecule has 0 fully saturated rings. The number of rotatable bonds is 6. The van der Waals surface area contributed by atoms with Crippen LogP contribution in [0.5, 0.6) is 5.75 Å². The number of phenolic OH excluding ortho intramolecular Hbond substituents is 1. The number of aryl methyl sites for hydroxylation is 1. The minimum atomic E-state index is -0.766. The Bertz CT molecular complexity index is 1960. The number of hydrogen-bond acceptors (Lipinski definition) is 5. The van der Waals surface area contributed by atoms with Crippen LogP contribution in [-0.4, -0.2) is 24.2 Å². The largest absolute Gasteiger partial charge is 0.505 e. The van der Waals surface area contributed by atoms with Crippen LogP contribution in [0, 0.1) is 18.6 Å². The zero-order valence-electron chi connectivity index (χ0n) is 25.6. The fourth-order valence-corrected chi connectivity index (χ4v) is 4.87. The predicted octanol–water partition coefficient (Wildman–Crippen LogP) is 6.37. The van der Waals surface area contributed by atoms with Gasteiger partial charge >= 0.3 is 0 Å². The molecule has 0 unspecified atom stereocenters. The summed E-state index contributed by atoms with van der Waals surface area (Å²) in [5.74, 6) is -0.225. The van der Waals surface area contributed by atoms with Gasteiger partial charge in [0.15, 0.2) is 11.6 Å². The van der Waals surface area contributed by atoms with E-state index in [1.165, 1.54) is 39.7 Å². The van der Waals surface area contributed by atoms with Crippen LogP contribution in [-0.2, 0) is 26.9 Å². The summed E-state index contributed by atoms with van der Waals surface area (Å²) in [7, 11) is 3.34. The van der Waals surface area contributed by atoms with Crippen LogP contribution >= 0.6 is 0 Å². The van der Waals surface area contributed by atoms with Crippen molar-refractivity contribution in [2.75, 3.05) is 0 Å². The molecule has 0 aliphatic carbocycles. The highest BCUT2D eigenvalue weighted by atomic mass is 19.1. The van der Waals surface area contributed by atoms with Crippen molar-refractivity contribution >= 4 is 0 Å². The predicted molar refractivity (Wildman–Crippen MR) is 175 cm³/mol. The van der Waals surface area contributed by atoms with Crippen molar-refractivity contribution in [3.05, 3.63) is 170 Å². The van der Waals surface area contributed by atoms with Gasteiger partial charge in [0.05, 0.1) is 11.1 Å². The smallest absolute Gasteiger partial charge is 0.261 e. The lowest BCUT2D eigenvalue weighted by atomic mass is 10.1. The van der Waals surface area contributed by atoms with Crippen molar-refractivity contribution in [1.82, 2.24) is 19.1 Å². The second-order valence-corrected chi connectivity index (χ2v) is 10.9. The third-order valence-corrected chi connectivity index (χ3v) is 7.68. The molecule has 0 spiro atoms. The molecule has 0 amide bonds. The molecule has 2 aromatic heterocycles. The van der Waals surface area contributed by atoms with E-state index in [2.05, 4.69) is 9.97 Å². The number of aromatic nitrogens is 4. The normalized spacial score (nSPS) is 10.7. The van der Waals surface area contributed by atoms with Crippen molar-refractivity contribution in [3.63, 3.8) is 0 Å². The SMILES string of the molecule is Cc1ccc(-c2cnc(Cc3ccccc3)n(C)c2=O)cc1F.Cn1c(Cc2ccccc2)ncc(-c2ccc(O)c(F)c2)c1=O. The Labute approximate surface area is 264 Å². The first-order valence-electron chi connectivity index (χ1n) is 14.6. The highest BCUT2D eigenvalue weighted by Gasteiger charge is 2.13. The molecule has 1 N–H and O–H groups in total. The van der Waals surface area contributed by atoms with Gasteiger partial charge in [-0.1, -0.05) is 78.9 Å². The standard InChI is InChI=1S/C19H17FN2O.C18H15FN2O2/c1-13-8-9-15(11-17(13)20)16-12-21-18(22(2)19(16)23)10-14-6-4-3-5-7-14;1-21-17(9-12-5-3-2-4-6-12)20-11-14(18(21)23)13-7-8-16(22)15(19)10-13/h3-9,11-12H,10H2,1-2H3;2-8,10-11,22H,9H2,1H3. The highest BCUT2D eigenvalue weighted by Crippen LogP contribution is 2.23. The van der Waals surface area contributed by atoms with Crippen LogP contribution in [0.4, 0.5) is 8.78 Å². The fraction of sp³-hybridized carbons (Fsp3) is 0.135. The van der Waals surface area contributed by atoms with Gasteiger partial charge in [0.2, 0.25) is 0 Å². The van der Waals surface area contributed by atoms with Gasteiger partial charge in [-0.25, -0.2) is 18.7 Å². The monoisotopic (exact) mass is 618 g/mol. The molecule has 0 atom stereocenters. The molecular formula is C37H32F2N4O3. The van der Waals surface area contributed by atoms with E-state index in [-0.39, 0.29) is 16.9 Å². The summed E-state index contributed by atoms with van der Waals surface area (Å²) in [4.78, 5) is 33.8. The maximum atomic E-state index is 13.7. The molecule has 6 aromatic rings. The molecule has 0 saturated carbocycles. The van der Waals surface area contributed by atoms with Crippen LogP contribution < -0.4 is 11.1 Å². The van der Waals surface area contributed by atoms with Gasteiger partial charge in [-0.05, 0) is 52.9 Å². The summed E-state index contributed by atoms with van der Waals surface area (Å²) in [6, 6.07) is 28.2. The molecule has 2 heterocycles. The molecule has 7 nitrogen and oxygen atoms in total. The molecule has 46 heavy (non-hydrogen) atoms. The molecule has 9 heteroatoms. The van der Waals surface area contributed by atoms with E-state index in [9.17, 15) is 23.5 Å². The van der Waals surface area contributed by atoms with Gasteiger partial charge in [-0.3, -0.25) is 18.7 Å². The minimum absolute atomic E-state index is 0.172. The Morgan fingerprint density at radius 2 is 1.07 bits per heavy atom. The molecule has 0 aliphatic rings. The van der Waals surface area contributed by atoms with Gasteiger partial charge in [0, 0.05) is 39.3 Å². The minimum Gasteiger partial charge on any atom is -0.505 e. The first-order valence-corrected chi connectivity index (χ1v) is 14.6. The molecular weight excluding hydrogens is 586 g/mol. The molecule has 0 bridgehead atoms.